The second-order valence-corrected chi connectivity index (χ2v) is 8.16. The van der Waals surface area contributed by atoms with Crippen LogP contribution in [-0.2, 0) is 4.79 Å². The molecule has 4 rings (SSSR count). The molecule has 2 N–H and O–H groups in total. The summed E-state index contributed by atoms with van der Waals surface area (Å²) < 4.78 is 17.1. The van der Waals surface area contributed by atoms with Crippen molar-refractivity contribution in [1.29, 1.82) is 0 Å². The van der Waals surface area contributed by atoms with Crippen LogP contribution in [-0.4, -0.2) is 63.5 Å². The highest BCUT2D eigenvalue weighted by Crippen LogP contribution is 2.34. The van der Waals surface area contributed by atoms with Gasteiger partial charge in [-0.25, -0.2) is 14.8 Å². The Labute approximate surface area is 192 Å². The van der Waals surface area contributed by atoms with E-state index in [9.17, 15) is 14.4 Å². The molecule has 0 radical (unpaired) electrons. The lowest BCUT2D eigenvalue weighted by molar-refractivity contribution is -0.115. The minimum Gasteiger partial charge on any atom is -0.493 e. The Morgan fingerprint density at radius 3 is 2.61 bits per heavy atom. The molecular formula is C21H20N4O7S. The first kappa shape index (κ1) is 22.4. The number of carboxylic acid groups (broad SMARTS) is 1. The number of nitrogens with one attached hydrogen (secondary N) is 1. The molecule has 0 spiro atoms. The first-order valence-electron chi connectivity index (χ1n) is 9.98. The van der Waals surface area contributed by atoms with E-state index < -0.39 is 17.2 Å². The van der Waals surface area contributed by atoms with Gasteiger partial charge in [0.05, 0.1) is 18.1 Å². The molecule has 2 aliphatic heterocycles. The number of hydrogen-bond donors (Lipinski definition) is 2. The van der Waals surface area contributed by atoms with E-state index in [1.807, 2.05) is 0 Å². The fourth-order valence-corrected chi connectivity index (χ4v) is 4.00. The fraction of sp³-hybridized carbons (Fsp3) is 0.286. The lowest BCUT2D eigenvalue weighted by Crippen LogP contribution is -2.41. The van der Waals surface area contributed by atoms with Gasteiger partial charge in [0.25, 0.3) is 11.1 Å². The van der Waals surface area contributed by atoms with Crippen LogP contribution in [0.25, 0.3) is 6.08 Å². The summed E-state index contributed by atoms with van der Waals surface area (Å²) in [7, 11) is 1.48. The van der Waals surface area contributed by atoms with E-state index in [4.69, 9.17) is 19.3 Å². The van der Waals surface area contributed by atoms with Gasteiger partial charge in [0.2, 0.25) is 11.8 Å². The number of likely N-dealkylation sites (tertiary alicyclic amines) is 1. The van der Waals surface area contributed by atoms with E-state index in [-0.39, 0.29) is 12.0 Å². The van der Waals surface area contributed by atoms with Gasteiger partial charge in [-0.2, -0.15) is 0 Å². The number of hydrogen-bond acceptors (Lipinski definition) is 9. The average Bonchev–Trinajstić information content (AvgIpc) is 3.11. The third-order valence-electron chi connectivity index (χ3n) is 4.96. The number of aromatic nitrogens is 2. The summed E-state index contributed by atoms with van der Waals surface area (Å²) in [6.45, 7) is 0.810. The molecule has 1 aromatic carbocycles. The van der Waals surface area contributed by atoms with Crippen LogP contribution in [0.2, 0.25) is 0 Å². The van der Waals surface area contributed by atoms with Crippen molar-refractivity contribution < 1.29 is 33.7 Å². The van der Waals surface area contributed by atoms with Crippen LogP contribution in [0.15, 0.2) is 35.5 Å². The molecule has 0 saturated carbocycles. The highest BCUT2D eigenvalue weighted by Gasteiger charge is 2.25. The highest BCUT2D eigenvalue weighted by atomic mass is 32.2. The molecule has 0 bridgehead atoms. The largest absolute Gasteiger partial charge is 0.493 e. The van der Waals surface area contributed by atoms with Crippen LogP contribution in [0.1, 0.15) is 18.4 Å². The standard InChI is InChI=1S/C21H20N4O7S/c1-30-15-8-12(9-16-19(26)24-20(27)33-16)2-3-14(15)32-18-10-17(22-11-23-18)31-13-4-6-25(7-5-13)21(28)29/h2-3,8-11,13H,4-7H2,1H3,(H,28,29)(H,24,26,27)/b16-9+. The number of thioether (sulfide) groups is 1. The minimum atomic E-state index is -0.930. The van der Waals surface area contributed by atoms with Gasteiger partial charge in [-0.05, 0) is 35.5 Å². The number of ether oxygens (including phenoxy) is 3. The zero-order valence-corrected chi connectivity index (χ0v) is 18.3. The third kappa shape index (κ3) is 5.52. The molecular weight excluding hydrogens is 452 g/mol. The van der Waals surface area contributed by atoms with Crippen molar-refractivity contribution in [3.8, 4) is 23.3 Å². The number of nitrogens with zero attached hydrogens (tertiary/aromatic N) is 3. The van der Waals surface area contributed by atoms with Crippen LogP contribution in [0.3, 0.4) is 0 Å². The van der Waals surface area contributed by atoms with Gasteiger partial charge in [-0.15, -0.1) is 0 Å². The topological polar surface area (TPSA) is 140 Å². The number of amides is 3. The van der Waals surface area contributed by atoms with Gasteiger partial charge in [0.15, 0.2) is 11.5 Å². The quantitative estimate of drug-likeness (QED) is 0.603. The van der Waals surface area contributed by atoms with Crippen molar-refractivity contribution in [3.05, 3.63) is 41.1 Å². The predicted octanol–water partition coefficient (Wildman–Crippen LogP) is 3.12. The van der Waals surface area contributed by atoms with Crippen LogP contribution >= 0.6 is 11.8 Å². The molecule has 11 nitrogen and oxygen atoms in total. The minimum absolute atomic E-state index is 0.150. The molecule has 1 aromatic heterocycles. The van der Waals surface area contributed by atoms with E-state index in [1.54, 1.807) is 30.3 Å². The second kappa shape index (κ2) is 9.77. The number of imide groups is 1. The van der Waals surface area contributed by atoms with E-state index in [1.165, 1.54) is 18.3 Å². The lowest BCUT2D eigenvalue weighted by atomic mass is 10.1. The maximum atomic E-state index is 11.7. The smallest absolute Gasteiger partial charge is 0.407 e. The molecule has 3 amide bonds. The molecule has 0 aliphatic carbocycles. The summed E-state index contributed by atoms with van der Waals surface area (Å²) in [5, 5.41) is 10.8. The first-order chi connectivity index (χ1) is 15.9. The zero-order valence-electron chi connectivity index (χ0n) is 17.5. The number of piperidine rings is 1. The van der Waals surface area contributed by atoms with Crippen molar-refractivity contribution in [2.24, 2.45) is 0 Å². The Hall–Kier alpha value is -3.80. The highest BCUT2D eigenvalue weighted by molar-refractivity contribution is 8.18. The maximum absolute atomic E-state index is 11.7. The molecule has 2 saturated heterocycles. The molecule has 172 valence electrons. The summed E-state index contributed by atoms with van der Waals surface area (Å²) >= 11 is 0.833. The van der Waals surface area contributed by atoms with Crippen molar-refractivity contribution in [2.75, 3.05) is 20.2 Å². The zero-order chi connectivity index (χ0) is 23.4. The second-order valence-electron chi connectivity index (χ2n) is 7.15. The van der Waals surface area contributed by atoms with E-state index in [0.717, 1.165) is 11.8 Å². The van der Waals surface area contributed by atoms with Gasteiger partial charge in [0, 0.05) is 25.9 Å². The molecule has 2 aliphatic rings. The molecule has 12 heteroatoms. The van der Waals surface area contributed by atoms with Crippen molar-refractivity contribution in [3.63, 3.8) is 0 Å². The molecule has 0 unspecified atom stereocenters. The summed E-state index contributed by atoms with van der Waals surface area (Å²) in [6.07, 6.45) is 2.96. The van der Waals surface area contributed by atoms with E-state index in [0.29, 0.717) is 53.8 Å². The van der Waals surface area contributed by atoms with Gasteiger partial charge in [0.1, 0.15) is 12.4 Å². The number of carbonyl (C=O) groups is 3. The Morgan fingerprint density at radius 1 is 1.18 bits per heavy atom. The Balaban J connectivity index is 1.43. The normalized spacial score (nSPS) is 17.7. The van der Waals surface area contributed by atoms with Gasteiger partial charge >= 0.3 is 6.09 Å². The predicted molar refractivity (Wildman–Crippen MR) is 117 cm³/mol. The maximum Gasteiger partial charge on any atom is 0.407 e. The SMILES string of the molecule is COc1cc(/C=C2/SC(=O)NC2=O)ccc1Oc1cc(OC2CCN(C(=O)O)CC2)ncn1. The number of benzene rings is 1. The van der Waals surface area contributed by atoms with Crippen LogP contribution in [0.5, 0.6) is 23.3 Å². The lowest BCUT2D eigenvalue weighted by Gasteiger charge is -2.29. The summed E-state index contributed by atoms with van der Waals surface area (Å²) in [5.41, 5.74) is 0.658. The van der Waals surface area contributed by atoms with Crippen LogP contribution in [0, 0.1) is 0 Å². The van der Waals surface area contributed by atoms with Gasteiger partial charge < -0.3 is 24.2 Å². The summed E-state index contributed by atoms with van der Waals surface area (Å²) in [5.74, 6) is 0.915. The number of rotatable bonds is 6. The third-order valence-corrected chi connectivity index (χ3v) is 5.77. The Bertz CT molecular complexity index is 1120. The average molecular weight is 472 g/mol. The number of methoxy groups -OCH3 is 1. The van der Waals surface area contributed by atoms with Crippen molar-refractivity contribution in [2.45, 2.75) is 18.9 Å². The molecule has 0 atom stereocenters. The van der Waals surface area contributed by atoms with Gasteiger partial charge in [-0.1, -0.05) is 6.07 Å². The van der Waals surface area contributed by atoms with Crippen LogP contribution in [0.4, 0.5) is 9.59 Å². The van der Waals surface area contributed by atoms with E-state index in [2.05, 4.69) is 15.3 Å². The van der Waals surface area contributed by atoms with Gasteiger partial charge in [-0.3, -0.25) is 14.9 Å². The molecule has 2 aromatic rings. The Kier molecular flexibility index (Phi) is 6.63. The monoisotopic (exact) mass is 472 g/mol. The molecule has 3 heterocycles. The van der Waals surface area contributed by atoms with Crippen molar-refractivity contribution in [1.82, 2.24) is 20.2 Å². The molecule has 2 fully saturated rings. The molecule has 33 heavy (non-hydrogen) atoms. The number of carbonyl (C=O) groups excluding carboxylic acids is 2. The van der Waals surface area contributed by atoms with Crippen LogP contribution < -0.4 is 19.5 Å². The fourth-order valence-electron chi connectivity index (χ4n) is 3.32. The summed E-state index contributed by atoms with van der Waals surface area (Å²) in [4.78, 5) is 44.0. The summed E-state index contributed by atoms with van der Waals surface area (Å²) in [6, 6.07) is 6.60. The first-order valence-corrected chi connectivity index (χ1v) is 10.8. The Morgan fingerprint density at radius 2 is 1.94 bits per heavy atom. The van der Waals surface area contributed by atoms with E-state index >= 15 is 0 Å². The van der Waals surface area contributed by atoms with Crippen molar-refractivity contribution >= 4 is 35.1 Å².